The minimum atomic E-state index is -0.190. The molecule has 0 atom stereocenters. The molecule has 19 aromatic rings. The van der Waals surface area contributed by atoms with Crippen molar-refractivity contribution in [3.63, 3.8) is 0 Å². The molecule has 0 aliphatic heterocycles. The second kappa shape index (κ2) is 31.8. The third-order valence-electron chi connectivity index (χ3n) is 23.9. The summed E-state index contributed by atoms with van der Waals surface area (Å²) < 4.78 is 0. The Morgan fingerprint density at radius 3 is 1.13 bits per heavy atom. The number of pyridine rings is 1. The standard InChI is InChI=1S/2C26H18.3C17H14.C12H11N/c1-17-9-8-13-21-20-12-4-7-16-24(20)26(25(17)21)22-14-5-2-10-18(22)19-11-3-6-15-23(19)26;1-17-14-15-25-21(16-17)20-10-4-7-13-24(20)26(25)22-11-5-2-8-18(22)19-9-3-6-12-23(19)26;1-13-9-11-15(12-10-13)17-8-4-6-14-5-2-3-7-16(14)17;1-13-11-12-16(14-7-3-2-4-8-14)17-10-6-5-9-15(13)17;1-13-6-8-15(9-7-13)17-11-10-14-4-2-3-5-16(14)12-17;1-10-6-5-9-13-12(10)11-7-3-2-4-8-11/h2*2-16H,1H3;3*2-12H,1H3;2-9H,1H3. The van der Waals surface area contributed by atoms with E-state index in [9.17, 15) is 0 Å². The molecule has 1 nitrogen and oxygen atoms in total. The van der Waals surface area contributed by atoms with Crippen molar-refractivity contribution in [3.05, 3.63) is 509 Å². The van der Waals surface area contributed by atoms with Crippen LogP contribution in [0.15, 0.2) is 431 Å². The Morgan fingerprint density at radius 2 is 0.560 bits per heavy atom. The Morgan fingerprint density at radius 1 is 0.181 bits per heavy atom. The van der Waals surface area contributed by atoms with Crippen LogP contribution in [0.2, 0.25) is 0 Å². The fourth-order valence-corrected chi connectivity index (χ4v) is 18.6. The molecule has 23 rings (SSSR count). The monoisotopic (exact) mass is 1480 g/mol. The molecule has 0 saturated heterocycles. The van der Waals surface area contributed by atoms with Gasteiger partial charge >= 0.3 is 0 Å². The van der Waals surface area contributed by atoms with E-state index in [-0.39, 0.29) is 10.8 Å². The number of fused-ring (bicyclic) bond motifs is 23. The van der Waals surface area contributed by atoms with Crippen molar-refractivity contribution in [1.82, 2.24) is 4.98 Å². The van der Waals surface area contributed by atoms with E-state index in [0.717, 1.165) is 5.69 Å². The van der Waals surface area contributed by atoms with Gasteiger partial charge in [0.05, 0.1) is 16.5 Å². The fraction of sp³-hybridized carbons (Fsp3) is 0.0696. The number of benzene rings is 18. The van der Waals surface area contributed by atoms with Crippen LogP contribution in [0.3, 0.4) is 0 Å². The van der Waals surface area contributed by atoms with E-state index in [4.69, 9.17) is 0 Å². The number of hydrogen-bond acceptors (Lipinski definition) is 1. The van der Waals surface area contributed by atoms with E-state index in [0.29, 0.717) is 0 Å². The molecular formula is C115H89N. The van der Waals surface area contributed by atoms with Crippen molar-refractivity contribution in [1.29, 1.82) is 0 Å². The van der Waals surface area contributed by atoms with Crippen LogP contribution in [0, 0.1) is 41.5 Å². The molecule has 1 heteroatoms. The molecule has 0 radical (unpaired) electrons. The number of rotatable bonds is 4. The zero-order valence-electron chi connectivity index (χ0n) is 66.4. The van der Waals surface area contributed by atoms with Gasteiger partial charge in [0.1, 0.15) is 0 Å². The van der Waals surface area contributed by atoms with Crippen molar-refractivity contribution >= 4 is 32.3 Å². The van der Waals surface area contributed by atoms with E-state index in [1.54, 1.807) is 0 Å². The fourth-order valence-electron chi connectivity index (χ4n) is 18.6. The van der Waals surface area contributed by atoms with Crippen molar-refractivity contribution in [2.45, 2.75) is 52.4 Å². The van der Waals surface area contributed by atoms with Crippen LogP contribution in [0.4, 0.5) is 0 Å². The number of aromatic nitrogens is 1. The normalized spacial score (nSPS) is 12.4. The molecule has 1 aromatic heterocycles. The van der Waals surface area contributed by atoms with E-state index in [2.05, 4.69) is 447 Å². The third kappa shape index (κ3) is 13.3. The van der Waals surface area contributed by atoms with Crippen molar-refractivity contribution in [3.8, 4) is 89.1 Å². The van der Waals surface area contributed by atoms with Crippen molar-refractivity contribution < 1.29 is 0 Å². The van der Waals surface area contributed by atoms with E-state index >= 15 is 0 Å². The predicted octanol–water partition coefficient (Wildman–Crippen LogP) is 30.2. The molecule has 0 N–H and O–H groups in total. The highest BCUT2D eigenvalue weighted by molar-refractivity contribution is 6.01. The summed E-state index contributed by atoms with van der Waals surface area (Å²) in [5.41, 5.74) is 39.8. The smallest absolute Gasteiger partial charge is 0.0731 e. The maximum Gasteiger partial charge on any atom is 0.0731 e. The second-order valence-corrected chi connectivity index (χ2v) is 31.0. The summed E-state index contributed by atoms with van der Waals surface area (Å²) in [5.74, 6) is 0. The summed E-state index contributed by atoms with van der Waals surface area (Å²) in [6.45, 7) is 12.9. The summed E-state index contributed by atoms with van der Waals surface area (Å²) in [5, 5.41) is 7.88. The molecule has 2 spiro atoms. The largest absolute Gasteiger partial charge is 0.256 e. The summed E-state index contributed by atoms with van der Waals surface area (Å²) >= 11 is 0. The van der Waals surface area contributed by atoms with Crippen LogP contribution in [0.25, 0.3) is 121 Å². The third-order valence-corrected chi connectivity index (χ3v) is 23.9. The van der Waals surface area contributed by atoms with Crippen molar-refractivity contribution in [2.75, 3.05) is 0 Å². The molecule has 0 unspecified atom stereocenters. The van der Waals surface area contributed by atoms with Crippen LogP contribution in [0.1, 0.15) is 77.9 Å². The van der Waals surface area contributed by atoms with Gasteiger partial charge in [-0.1, -0.05) is 429 Å². The summed E-state index contributed by atoms with van der Waals surface area (Å²) in [4.78, 5) is 4.35. The Balaban J connectivity index is 0.0000000980. The average Bonchev–Trinajstić information content (AvgIpc) is 1.51. The molecule has 4 aliphatic rings. The molecule has 0 fully saturated rings. The van der Waals surface area contributed by atoms with Gasteiger partial charge in [-0.05, 0) is 225 Å². The molecule has 0 saturated carbocycles. The highest BCUT2D eigenvalue weighted by atomic mass is 14.7. The number of hydrogen-bond donors (Lipinski definition) is 0. The second-order valence-electron chi connectivity index (χ2n) is 31.0. The first-order chi connectivity index (χ1) is 57.1. The molecular weight excluding hydrogens is 1400 g/mol. The van der Waals surface area contributed by atoms with Gasteiger partial charge in [-0.2, -0.15) is 0 Å². The van der Waals surface area contributed by atoms with Crippen LogP contribution in [0.5, 0.6) is 0 Å². The quantitative estimate of drug-likeness (QED) is 0.171. The molecule has 1 heterocycles. The van der Waals surface area contributed by atoms with E-state index in [1.165, 1.54) is 194 Å². The van der Waals surface area contributed by atoms with Crippen LogP contribution in [-0.2, 0) is 10.8 Å². The number of aryl methyl sites for hydroxylation is 6. The average molecular weight is 1480 g/mol. The van der Waals surface area contributed by atoms with Gasteiger partial charge in [-0.15, -0.1) is 0 Å². The molecule has 0 bridgehead atoms. The lowest BCUT2D eigenvalue weighted by Gasteiger charge is -2.31. The first-order valence-electron chi connectivity index (χ1n) is 40.5. The van der Waals surface area contributed by atoms with Gasteiger partial charge in [0.25, 0.3) is 0 Å². The minimum absolute atomic E-state index is 0.188. The summed E-state index contributed by atoms with van der Waals surface area (Å²) in [6.07, 6.45) is 1.83. The molecule has 0 amide bonds. The summed E-state index contributed by atoms with van der Waals surface area (Å²) in [7, 11) is 0. The predicted molar refractivity (Wildman–Crippen MR) is 492 cm³/mol. The van der Waals surface area contributed by atoms with Crippen LogP contribution in [-0.4, -0.2) is 4.98 Å². The topological polar surface area (TPSA) is 12.9 Å². The van der Waals surface area contributed by atoms with Gasteiger partial charge in [-0.3, -0.25) is 4.98 Å². The van der Waals surface area contributed by atoms with E-state index in [1.807, 2.05) is 30.5 Å². The Labute approximate surface area is 682 Å². The molecule has 4 aliphatic carbocycles. The highest BCUT2D eigenvalue weighted by Crippen LogP contribution is 2.65. The zero-order chi connectivity index (χ0) is 78.7. The maximum atomic E-state index is 4.35. The first kappa shape index (κ1) is 73.4. The van der Waals surface area contributed by atoms with Gasteiger partial charge in [-0.25, -0.2) is 0 Å². The zero-order valence-corrected chi connectivity index (χ0v) is 66.4. The SMILES string of the molecule is Cc1ccc(-c2ccc3ccccc3c2)cc1.Cc1ccc(-c2cccc3ccccc23)cc1.Cc1ccc(-c2ccccc2)c2ccccc12.Cc1ccc2c(c1)-c1ccccc1C21c2ccccc2-c2ccccc21.Cc1cccc2c1C1(c3ccccc3-c3ccccc31)c1ccccc1-2.Cc1cccnc1-c1ccccc1. The minimum Gasteiger partial charge on any atom is -0.256 e. The van der Waals surface area contributed by atoms with Gasteiger partial charge < -0.3 is 0 Å². The summed E-state index contributed by atoms with van der Waals surface area (Å²) in [6, 6.07) is 153. The Hall–Kier alpha value is -14.1. The Kier molecular flexibility index (Phi) is 20.1. The lowest BCUT2D eigenvalue weighted by Crippen LogP contribution is -2.26. The van der Waals surface area contributed by atoms with Crippen LogP contribution >= 0.6 is 0 Å². The molecule has 554 valence electrons. The molecule has 18 aromatic carbocycles. The van der Waals surface area contributed by atoms with Gasteiger partial charge in [0, 0.05) is 11.8 Å². The van der Waals surface area contributed by atoms with E-state index < -0.39 is 0 Å². The lowest BCUT2D eigenvalue weighted by molar-refractivity contribution is 0.786. The maximum absolute atomic E-state index is 4.35. The van der Waals surface area contributed by atoms with Crippen molar-refractivity contribution in [2.24, 2.45) is 0 Å². The Bertz CT molecular complexity index is 6690. The van der Waals surface area contributed by atoms with Crippen LogP contribution < -0.4 is 0 Å². The highest BCUT2D eigenvalue weighted by Gasteiger charge is 2.53. The molecule has 116 heavy (non-hydrogen) atoms. The first-order valence-corrected chi connectivity index (χ1v) is 40.5. The number of nitrogens with zero attached hydrogens (tertiary/aromatic N) is 1. The van der Waals surface area contributed by atoms with Gasteiger partial charge in [0.15, 0.2) is 0 Å². The lowest BCUT2D eigenvalue weighted by atomic mass is 9.69. The van der Waals surface area contributed by atoms with Gasteiger partial charge in [0.2, 0.25) is 0 Å².